The summed E-state index contributed by atoms with van der Waals surface area (Å²) in [5.74, 6) is -0.527. The zero-order chi connectivity index (χ0) is 24.5. The molecule has 1 aromatic heterocycles. The van der Waals surface area contributed by atoms with Gasteiger partial charge in [0, 0.05) is 37.6 Å². The van der Waals surface area contributed by atoms with Crippen molar-refractivity contribution in [3.05, 3.63) is 59.4 Å². The molecule has 1 heterocycles. The lowest BCUT2D eigenvalue weighted by Crippen LogP contribution is -2.29. The number of fused-ring (bicyclic) bond motifs is 1. The lowest BCUT2D eigenvalue weighted by Gasteiger charge is -2.18. The fourth-order valence-electron chi connectivity index (χ4n) is 4.26. The first-order valence-electron chi connectivity index (χ1n) is 11.0. The molecule has 1 aliphatic rings. The average Bonchev–Trinajstić information content (AvgIpc) is 3.23. The van der Waals surface area contributed by atoms with E-state index in [0.717, 1.165) is 42.0 Å². The van der Waals surface area contributed by atoms with Gasteiger partial charge in [-0.15, -0.1) is 0 Å². The molecule has 0 radical (unpaired) electrons. The van der Waals surface area contributed by atoms with Crippen molar-refractivity contribution in [2.45, 2.75) is 31.5 Å². The van der Waals surface area contributed by atoms with Gasteiger partial charge in [-0.3, -0.25) is 4.79 Å². The lowest BCUT2D eigenvalue weighted by molar-refractivity contribution is -0.140. The summed E-state index contributed by atoms with van der Waals surface area (Å²) < 4.78 is 51.9. The molecule has 10 heteroatoms. The van der Waals surface area contributed by atoms with Crippen LogP contribution < -0.4 is 15.5 Å². The van der Waals surface area contributed by atoms with Crippen molar-refractivity contribution < 1.29 is 22.4 Å². The number of carbonyl (C=O) groups excluding carboxylic acids is 1. The Labute approximate surface area is 194 Å². The van der Waals surface area contributed by atoms with E-state index in [1.807, 2.05) is 43.3 Å². The molecule has 0 bridgehead atoms. The maximum atomic E-state index is 13.8. The van der Waals surface area contributed by atoms with Crippen LogP contribution >= 0.6 is 0 Å². The van der Waals surface area contributed by atoms with Crippen LogP contribution in [0.3, 0.4) is 0 Å². The van der Waals surface area contributed by atoms with Crippen molar-refractivity contribution in [3.63, 3.8) is 0 Å². The van der Waals surface area contributed by atoms with Crippen LogP contribution in [0.2, 0.25) is 0 Å². The molecule has 0 aliphatic heterocycles. The maximum absolute atomic E-state index is 13.8. The number of para-hydroxylation sites is 1. The van der Waals surface area contributed by atoms with Gasteiger partial charge < -0.3 is 15.5 Å². The normalized spacial score (nSPS) is 18.2. The molecule has 0 saturated heterocycles. The molecule has 1 amide bonds. The number of benzene rings is 2. The van der Waals surface area contributed by atoms with Crippen molar-refractivity contribution in [3.8, 4) is 0 Å². The van der Waals surface area contributed by atoms with Crippen molar-refractivity contribution in [1.82, 2.24) is 15.3 Å². The highest BCUT2D eigenvalue weighted by Crippen LogP contribution is 2.32. The third-order valence-corrected chi connectivity index (χ3v) is 5.97. The van der Waals surface area contributed by atoms with Crippen LogP contribution in [0, 0.1) is 11.7 Å². The number of alkyl halides is 3. The average molecular weight is 475 g/mol. The Morgan fingerprint density at radius 1 is 1.12 bits per heavy atom. The summed E-state index contributed by atoms with van der Waals surface area (Å²) in [6.07, 6.45) is -2.31. The number of anilines is 2. The first kappa shape index (κ1) is 23.7. The van der Waals surface area contributed by atoms with E-state index in [4.69, 9.17) is 0 Å². The lowest BCUT2D eigenvalue weighted by atomic mass is 10.1. The van der Waals surface area contributed by atoms with E-state index < -0.39 is 23.5 Å². The number of hydrogen-bond acceptors (Lipinski definition) is 5. The minimum Gasteiger partial charge on any atom is -0.362 e. The van der Waals surface area contributed by atoms with Crippen LogP contribution in [0.4, 0.5) is 29.3 Å². The molecule has 2 N–H and O–H groups in total. The number of halogens is 4. The van der Waals surface area contributed by atoms with Crippen LogP contribution in [0.5, 0.6) is 0 Å². The van der Waals surface area contributed by atoms with Gasteiger partial charge in [-0.05, 0) is 55.5 Å². The minimum atomic E-state index is -4.80. The minimum absolute atomic E-state index is 0.126. The largest absolute Gasteiger partial charge is 0.419 e. The summed E-state index contributed by atoms with van der Waals surface area (Å²) >= 11 is 0. The number of nitrogens with one attached hydrogen (secondary N) is 2. The van der Waals surface area contributed by atoms with Crippen molar-refractivity contribution >= 4 is 28.6 Å². The molecule has 2 atom stereocenters. The molecular weight excluding hydrogens is 450 g/mol. The fourth-order valence-corrected chi connectivity index (χ4v) is 4.26. The third-order valence-electron chi connectivity index (χ3n) is 5.97. The van der Waals surface area contributed by atoms with Gasteiger partial charge in [0.25, 0.3) is 5.91 Å². The Morgan fingerprint density at radius 3 is 2.59 bits per heavy atom. The SMILES string of the molecule is CN(C)c1nc(N[C@H]2CC[C@@H](CNC(=O)c3ccc(C(F)(F)F)c(F)c3)C2)nc2ccccc12. The molecule has 180 valence electrons. The maximum Gasteiger partial charge on any atom is 0.419 e. The Balaban J connectivity index is 1.35. The summed E-state index contributed by atoms with van der Waals surface area (Å²) in [6.45, 7) is 0.348. The predicted octanol–water partition coefficient (Wildman–Crippen LogP) is 4.86. The van der Waals surface area contributed by atoms with Crippen molar-refractivity contribution in [2.75, 3.05) is 30.9 Å². The number of aromatic nitrogens is 2. The second-order valence-electron chi connectivity index (χ2n) is 8.71. The number of hydrogen-bond donors (Lipinski definition) is 2. The standard InChI is InChI=1S/C24H25F4N5O/c1-33(2)21-17-5-3-4-6-20(17)31-23(32-21)30-16-9-7-14(11-16)13-29-22(34)15-8-10-18(19(25)12-15)24(26,27)28/h3-6,8,10,12,14,16H,7,9,11,13H2,1-2H3,(H,29,34)(H,30,31,32)/t14-,16+/m1/s1. The number of rotatable bonds is 6. The molecule has 1 fully saturated rings. The Kier molecular flexibility index (Phi) is 6.58. The molecule has 1 saturated carbocycles. The number of nitrogens with zero attached hydrogens (tertiary/aromatic N) is 3. The van der Waals surface area contributed by atoms with E-state index in [1.54, 1.807) is 0 Å². The Hall–Kier alpha value is -3.43. The molecule has 0 unspecified atom stereocenters. The van der Waals surface area contributed by atoms with Gasteiger partial charge in [0.15, 0.2) is 0 Å². The smallest absolute Gasteiger partial charge is 0.362 e. The van der Waals surface area contributed by atoms with Gasteiger partial charge in [-0.2, -0.15) is 18.2 Å². The van der Waals surface area contributed by atoms with E-state index in [9.17, 15) is 22.4 Å². The molecule has 4 rings (SSSR count). The summed E-state index contributed by atoms with van der Waals surface area (Å²) in [5.41, 5.74) is -0.685. The molecule has 3 aromatic rings. The fraction of sp³-hybridized carbons (Fsp3) is 0.375. The highest BCUT2D eigenvalue weighted by Gasteiger charge is 2.34. The molecule has 2 aromatic carbocycles. The first-order chi connectivity index (χ1) is 16.1. The zero-order valence-electron chi connectivity index (χ0n) is 18.8. The summed E-state index contributed by atoms with van der Waals surface area (Å²) in [5, 5.41) is 7.06. The Bertz CT molecular complexity index is 1200. The monoisotopic (exact) mass is 475 g/mol. The van der Waals surface area contributed by atoms with Crippen LogP contribution in [-0.4, -0.2) is 42.6 Å². The van der Waals surface area contributed by atoms with Crippen LogP contribution in [0.25, 0.3) is 10.9 Å². The van der Waals surface area contributed by atoms with Crippen LogP contribution in [0.1, 0.15) is 35.2 Å². The van der Waals surface area contributed by atoms with Gasteiger partial charge in [-0.1, -0.05) is 12.1 Å². The molecule has 0 spiro atoms. The van der Waals surface area contributed by atoms with Crippen LogP contribution in [-0.2, 0) is 6.18 Å². The number of carbonyl (C=O) groups is 1. The first-order valence-corrected chi connectivity index (χ1v) is 11.0. The van der Waals surface area contributed by atoms with Gasteiger partial charge in [0.1, 0.15) is 11.6 Å². The quantitative estimate of drug-likeness (QED) is 0.498. The van der Waals surface area contributed by atoms with E-state index in [2.05, 4.69) is 20.6 Å². The Morgan fingerprint density at radius 2 is 1.88 bits per heavy atom. The molecule has 34 heavy (non-hydrogen) atoms. The van der Waals surface area contributed by atoms with Crippen molar-refractivity contribution in [1.29, 1.82) is 0 Å². The van der Waals surface area contributed by atoms with Gasteiger partial charge in [0.2, 0.25) is 5.95 Å². The third kappa shape index (κ3) is 5.21. The van der Waals surface area contributed by atoms with Gasteiger partial charge in [0.05, 0.1) is 11.1 Å². The topological polar surface area (TPSA) is 70.2 Å². The highest BCUT2D eigenvalue weighted by atomic mass is 19.4. The molecule has 1 aliphatic carbocycles. The van der Waals surface area contributed by atoms with Gasteiger partial charge in [-0.25, -0.2) is 9.37 Å². The summed E-state index contributed by atoms with van der Waals surface area (Å²) in [7, 11) is 3.85. The summed E-state index contributed by atoms with van der Waals surface area (Å²) in [4.78, 5) is 23.5. The van der Waals surface area contributed by atoms with E-state index in [1.165, 1.54) is 0 Å². The van der Waals surface area contributed by atoms with Crippen molar-refractivity contribution in [2.24, 2.45) is 5.92 Å². The van der Waals surface area contributed by atoms with E-state index in [-0.39, 0.29) is 17.5 Å². The summed E-state index contributed by atoms with van der Waals surface area (Å²) in [6, 6.07) is 10.1. The van der Waals surface area contributed by atoms with Gasteiger partial charge >= 0.3 is 6.18 Å². The predicted molar refractivity (Wildman–Crippen MR) is 122 cm³/mol. The van der Waals surface area contributed by atoms with E-state index in [0.29, 0.717) is 24.6 Å². The second kappa shape index (κ2) is 9.44. The zero-order valence-corrected chi connectivity index (χ0v) is 18.8. The number of amides is 1. The molecule has 6 nitrogen and oxygen atoms in total. The van der Waals surface area contributed by atoms with E-state index >= 15 is 0 Å². The molecular formula is C24H25F4N5O. The second-order valence-corrected chi connectivity index (χ2v) is 8.71. The van der Waals surface area contributed by atoms with Crippen LogP contribution in [0.15, 0.2) is 42.5 Å². The highest BCUT2D eigenvalue weighted by molar-refractivity contribution is 5.94.